The van der Waals surface area contributed by atoms with E-state index in [-0.39, 0.29) is 0 Å². The van der Waals surface area contributed by atoms with Crippen LogP contribution in [0.3, 0.4) is 0 Å². The predicted molar refractivity (Wildman–Crippen MR) is 65.7 cm³/mol. The van der Waals surface area contributed by atoms with Crippen molar-refractivity contribution in [1.82, 2.24) is 10.3 Å². The number of anilines is 1. The van der Waals surface area contributed by atoms with Crippen LogP contribution in [0.25, 0.3) is 0 Å². The number of piperidine rings is 1. The molecule has 0 bridgehead atoms. The van der Waals surface area contributed by atoms with Gasteiger partial charge >= 0.3 is 0 Å². The van der Waals surface area contributed by atoms with Gasteiger partial charge in [-0.25, -0.2) is 4.98 Å². The molecule has 1 N–H and O–H groups in total. The van der Waals surface area contributed by atoms with Crippen molar-refractivity contribution in [3.8, 4) is 0 Å². The molecular weight excluding hydrogens is 206 g/mol. The molecule has 84 valence electrons. The number of nitrogens with one attached hydrogen (secondary N) is 1. The zero-order chi connectivity index (χ0) is 10.7. The first-order valence-electron chi connectivity index (χ1n) is 5.58. The summed E-state index contributed by atoms with van der Waals surface area (Å²) >= 11 is 1.83. The van der Waals surface area contributed by atoms with E-state index in [1.54, 1.807) is 0 Å². The predicted octanol–water partition coefficient (Wildman–Crippen LogP) is 1.75. The highest BCUT2D eigenvalue weighted by molar-refractivity contribution is 7.15. The molecule has 0 saturated carbocycles. The molecule has 0 atom stereocenters. The molecule has 0 unspecified atom stereocenters. The van der Waals surface area contributed by atoms with Crippen LogP contribution in [0, 0.1) is 5.92 Å². The number of aromatic nitrogens is 1. The summed E-state index contributed by atoms with van der Waals surface area (Å²) in [5.74, 6) is 0.863. The highest BCUT2D eigenvalue weighted by Crippen LogP contribution is 2.25. The lowest BCUT2D eigenvalue weighted by atomic mass is 9.94. The van der Waals surface area contributed by atoms with Gasteiger partial charge in [-0.15, -0.1) is 11.3 Å². The van der Waals surface area contributed by atoms with Crippen molar-refractivity contribution in [2.24, 2.45) is 5.92 Å². The molecule has 1 fully saturated rings. The Morgan fingerprint density at radius 2 is 2.20 bits per heavy atom. The van der Waals surface area contributed by atoms with Gasteiger partial charge < -0.3 is 10.2 Å². The van der Waals surface area contributed by atoms with E-state index in [9.17, 15) is 0 Å². The topological polar surface area (TPSA) is 28.2 Å². The summed E-state index contributed by atoms with van der Waals surface area (Å²) in [6, 6.07) is 0. The van der Waals surface area contributed by atoms with Gasteiger partial charge in [-0.2, -0.15) is 0 Å². The maximum atomic E-state index is 4.41. The van der Waals surface area contributed by atoms with E-state index < -0.39 is 0 Å². The average molecular weight is 225 g/mol. The highest BCUT2D eigenvalue weighted by Gasteiger charge is 2.15. The second-order valence-electron chi connectivity index (χ2n) is 4.40. The van der Waals surface area contributed by atoms with Gasteiger partial charge in [-0.3, -0.25) is 0 Å². The zero-order valence-electron chi connectivity index (χ0n) is 9.49. The van der Waals surface area contributed by atoms with Gasteiger partial charge in [0.1, 0.15) is 0 Å². The summed E-state index contributed by atoms with van der Waals surface area (Å²) in [5.41, 5.74) is 0. The third-order valence-corrected chi connectivity index (χ3v) is 4.06. The third-order valence-electron chi connectivity index (χ3n) is 2.87. The number of nitrogens with zero attached hydrogens (tertiary/aromatic N) is 2. The molecule has 1 saturated heterocycles. The Bertz CT molecular complexity index is 303. The molecule has 1 aromatic rings. The lowest BCUT2D eigenvalue weighted by molar-refractivity contribution is 0.374. The van der Waals surface area contributed by atoms with E-state index >= 15 is 0 Å². The lowest BCUT2D eigenvalue weighted by Gasteiger charge is -2.21. The molecule has 0 amide bonds. The third kappa shape index (κ3) is 2.92. The standard InChI is InChI=1S/C11H19N3S/c1-14(2)11-13-8-10(15-11)7-9-3-5-12-6-4-9/h8-9,12H,3-7H2,1-2H3. The number of thiazole rings is 1. The van der Waals surface area contributed by atoms with E-state index in [0.29, 0.717) is 0 Å². The molecule has 4 heteroatoms. The monoisotopic (exact) mass is 225 g/mol. The lowest BCUT2D eigenvalue weighted by Crippen LogP contribution is -2.28. The van der Waals surface area contributed by atoms with E-state index in [0.717, 1.165) is 11.0 Å². The normalized spacial score (nSPS) is 18.0. The molecular formula is C11H19N3S. The second kappa shape index (κ2) is 4.94. The van der Waals surface area contributed by atoms with Gasteiger partial charge in [-0.05, 0) is 38.3 Å². The summed E-state index contributed by atoms with van der Waals surface area (Å²) in [7, 11) is 4.10. The van der Waals surface area contributed by atoms with Gasteiger partial charge in [0.2, 0.25) is 0 Å². The molecule has 3 nitrogen and oxygen atoms in total. The van der Waals surface area contributed by atoms with Crippen molar-refractivity contribution in [3.05, 3.63) is 11.1 Å². The van der Waals surface area contributed by atoms with Crippen LogP contribution in [-0.2, 0) is 6.42 Å². The van der Waals surface area contributed by atoms with Crippen molar-refractivity contribution in [3.63, 3.8) is 0 Å². The first kappa shape index (κ1) is 10.9. The number of hydrogen-bond donors (Lipinski definition) is 1. The van der Waals surface area contributed by atoms with Crippen molar-refractivity contribution < 1.29 is 0 Å². The summed E-state index contributed by atoms with van der Waals surface area (Å²) < 4.78 is 0. The Morgan fingerprint density at radius 3 is 2.80 bits per heavy atom. The zero-order valence-corrected chi connectivity index (χ0v) is 10.3. The summed E-state index contributed by atoms with van der Waals surface area (Å²) in [6.45, 7) is 2.37. The second-order valence-corrected chi connectivity index (χ2v) is 5.49. The van der Waals surface area contributed by atoms with Crippen LogP contribution in [0.5, 0.6) is 0 Å². The van der Waals surface area contributed by atoms with E-state index in [1.807, 2.05) is 31.6 Å². The van der Waals surface area contributed by atoms with Crippen molar-refractivity contribution in [2.75, 3.05) is 32.1 Å². The van der Waals surface area contributed by atoms with Crippen molar-refractivity contribution in [1.29, 1.82) is 0 Å². The van der Waals surface area contributed by atoms with Crippen LogP contribution < -0.4 is 10.2 Å². The molecule has 1 aromatic heterocycles. The van der Waals surface area contributed by atoms with E-state index in [2.05, 4.69) is 15.2 Å². The van der Waals surface area contributed by atoms with Gasteiger partial charge in [0.25, 0.3) is 0 Å². The van der Waals surface area contributed by atoms with Crippen LogP contribution in [0.4, 0.5) is 5.13 Å². The fourth-order valence-corrected chi connectivity index (χ4v) is 2.92. The first-order valence-corrected chi connectivity index (χ1v) is 6.40. The van der Waals surface area contributed by atoms with Crippen molar-refractivity contribution in [2.45, 2.75) is 19.3 Å². The van der Waals surface area contributed by atoms with E-state index in [4.69, 9.17) is 0 Å². The molecule has 1 aliphatic heterocycles. The Hall–Kier alpha value is -0.610. The quantitative estimate of drug-likeness (QED) is 0.849. The summed E-state index contributed by atoms with van der Waals surface area (Å²) in [6.07, 6.45) is 5.89. The minimum Gasteiger partial charge on any atom is -0.354 e. The minimum atomic E-state index is 0.863. The van der Waals surface area contributed by atoms with Gasteiger partial charge in [0.15, 0.2) is 5.13 Å². The SMILES string of the molecule is CN(C)c1ncc(CC2CCNCC2)s1. The van der Waals surface area contributed by atoms with Crippen LogP contribution in [0.1, 0.15) is 17.7 Å². The van der Waals surface area contributed by atoms with Gasteiger partial charge in [0, 0.05) is 25.2 Å². The Kier molecular flexibility index (Phi) is 3.59. The number of hydrogen-bond acceptors (Lipinski definition) is 4. The molecule has 2 heterocycles. The largest absolute Gasteiger partial charge is 0.354 e. The average Bonchev–Trinajstić information content (AvgIpc) is 2.68. The summed E-state index contributed by atoms with van der Waals surface area (Å²) in [5, 5.41) is 4.53. The molecule has 2 rings (SSSR count). The molecule has 0 aliphatic carbocycles. The molecule has 0 aromatic carbocycles. The van der Waals surface area contributed by atoms with Gasteiger partial charge in [-0.1, -0.05) is 0 Å². The molecule has 0 spiro atoms. The van der Waals surface area contributed by atoms with E-state index in [1.165, 1.54) is 37.2 Å². The molecule has 15 heavy (non-hydrogen) atoms. The Balaban J connectivity index is 1.91. The summed E-state index contributed by atoms with van der Waals surface area (Å²) in [4.78, 5) is 7.93. The van der Waals surface area contributed by atoms with Crippen LogP contribution in [0.15, 0.2) is 6.20 Å². The maximum Gasteiger partial charge on any atom is 0.184 e. The number of rotatable bonds is 3. The fraction of sp³-hybridized carbons (Fsp3) is 0.727. The maximum absolute atomic E-state index is 4.41. The smallest absolute Gasteiger partial charge is 0.184 e. The first-order chi connectivity index (χ1) is 7.25. The van der Waals surface area contributed by atoms with Gasteiger partial charge in [0.05, 0.1) is 0 Å². The molecule has 1 aliphatic rings. The highest BCUT2D eigenvalue weighted by atomic mass is 32.1. The van der Waals surface area contributed by atoms with Crippen LogP contribution in [0.2, 0.25) is 0 Å². The fourth-order valence-electron chi connectivity index (χ4n) is 1.97. The Morgan fingerprint density at radius 1 is 1.47 bits per heavy atom. The van der Waals surface area contributed by atoms with Crippen LogP contribution in [-0.4, -0.2) is 32.2 Å². The Labute approximate surface area is 95.5 Å². The minimum absolute atomic E-state index is 0.863. The van der Waals surface area contributed by atoms with Crippen LogP contribution >= 0.6 is 11.3 Å². The molecule has 0 radical (unpaired) electrons. The van der Waals surface area contributed by atoms with Crippen molar-refractivity contribution >= 4 is 16.5 Å².